The number of fused-ring (bicyclic) bond motifs is 1. The summed E-state index contributed by atoms with van der Waals surface area (Å²) in [6, 6.07) is 9.72. The minimum absolute atomic E-state index is 0.114. The maximum Gasteiger partial charge on any atom is 0.239 e. The number of nitrogens with zero attached hydrogens (tertiary/aromatic N) is 4. The molecule has 3 aromatic rings. The number of hydrogen-bond acceptors (Lipinski definition) is 6. The Kier molecular flexibility index (Phi) is 5.42. The first-order valence-electron chi connectivity index (χ1n) is 10.3. The summed E-state index contributed by atoms with van der Waals surface area (Å²) in [5, 5.41) is 14.5. The number of benzene rings is 1. The van der Waals surface area contributed by atoms with Crippen molar-refractivity contribution >= 4 is 5.91 Å². The van der Waals surface area contributed by atoms with Crippen molar-refractivity contribution in [1.29, 1.82) is 0 Å². The van der Waals surface area contributed by atoms with E-state index in [9.17, 15) is 4.79 Å². The van der Waals surface area contributed by atoms with Crippen LogP contribution in [-0.2, 0) is 24.3 Å². The highest BCUT2D eigenvalue weighted by Gasteiger charge is 2.33. The molecule has 2 aromatic heterocycles. The Morgan fingerprint density at radius 3 is 2.70 bits per heavy atom. The zero-order valence-corrected chi connectivity index (χ0v) is 17.9. The quantitative estimate of drug-likeness (QED) is 0.674. The molecule has 0 unspecified atom stereocenters. The molecule has 8 nitrogen and oxygen atoms in total. The molecular weight excluding hydrogens is 380 g/mol. The molecule has 1 amide bonds. The standard InChI is InChI=1S/C22H28N6O2/c1-14-26-27-21(30-14)19(22(2,3)4)25-18(29)12-16-17-13-23-10-11-28(17)20(24-16)15-8-6-5-7-9-15/h5-9,19,23H,10-13H2,1-4H3,(H,25,29)/t19-/m1/s1. The van der Waals surface area contributed by atoms with Gasteiger partial charge in [-0.2, -0.15) is 0 Å². The van der Waals surface area contributed by atoms with Crippen LogP contribution in [0.25, 0.3) is 11.4 Å². The molecule has 1 atom stereocenters. The third-order valence-electron chi connectivity index (χ3n) is 5.28. The van der Waals surface area contributed by atoms with Crippen LogP contribution < -0.4 is 10.6 Å². The van der Waals surface area contributed by atoms with E-state index in [1.54, 1.807) is 6.92 Å². The summed E-state index contributed by atoms with van der Waals surface area (Å²) < 4.78 is 7.83. The average molecular weight is 409 g/mol. The fourth-order valence-corrected chi connectivity index (χ4v) is 3.76. The average Bonchev–Trinajstić information content (AvgIpc) is 3.30. The van der Waals surface area contributed by atoms with E-state index in [-0.39, 0.29) is 23.8 Å². The van der Waals surface area contributed by atoms with Gasteiger partial charge in [0.1, 0.15) is 11.9 Å². The van der Waals surface area contributed by atoms with Gasteiger partial charge in [0.25, 0.3) is 0 Å². The second kappa shape index (κ2) is 8.02. The maximum absolute atomic E-state index is 13.0. The molecule has 0 spiro atoms. The molecule has 2 N–H and O–H groups in total. The highest BCUT2D eigenvalue weighted by Crippen LogP contribution is 2.32. The third kappa shape index (κ3) is 4.14. The van der Waals surface area contributed by atoms with Crippen LogP contribution in [0.5, 0.6) is 0 Å². The van der Waals surface area contributed by atoms with Crippen molar-refractivity contribution in [1.82, 2.24) is 30.4 Å². The first-order valence-corrected chi connectivity index (χ1v) is 10.3. The Balaban J connectivity index is 1.59. The van der Waals surface area contributed by atoms with Gasteiger partial charge < -0.3 is 19.6 Å². The molecule has 1 aliphatic heterocycles. The minimum atomic E-state index is -0.378. The van der Waals surface area contributed by atoms with Crippen LogP contribution in [0, 0.1) is 12.3 Å². The van der Waals surface area contributed by atoms with Gasteiger partial charge in [-0.05, 0) is 5.41 Å². The molecule has 1 aliphatic rings. The van der Waals surface area contributed by atoms with Gasteiger partial charge in [-0.1, -0.05) is 51.1 Å². The van der Waals surface area contributed by atoms with Gasteiger partial charge in [-0.25, -0.2) is 4.98 Å². The Bertz CT molecular complexity index is 1030. The first kappa shape index (κ1) is 20.3. The Hall–Kier alpha value is -3.00. The van der Waals surface area contributed by atoms with Gasteiger partial charge in [0.05, 0.1) is 17.8 Å². The fraction of sp³-hybridized carbons (Fsp3) is 0.455. The lowest BCUT2D eigenvalue weighted by molar-refractivity contribution is -0.122. The number of amides is 1. The zero-order valence-electron chi connectivity index (χ0n) is 17.9. The number of carbonyl (C=O) groups excluding carboxylic acids is 1. The first-order chi connectivity index (χ1) is 14.3. The van der Waals surface area contributed by atoms with Crippen molar-refractivity contribution in [3.05, 3.63) is 53.5 Å². The molecule has 158 valence electrons. The molecule has 0 aliphatic carbocycles. The van der Waals surface area contributed by atoms with Crippen LogP contribution in [-0.4, -0.2) is 32.2 Å². The molecule has 0 bridgehead atoms. The summed E-state index contributed by atoms with van der Waals surface area (Å²) in [7, 11) is 0. The smallest absolute Gasteiger partial charge is 0.239 e. The topological polar surface area (TPSA) is 97.9 Å². The molecule has 8 heteroatoms. The predicted octanol–water partition coefficient (Wildman–Crippen LogP) is 2.79. The van der Waals surface area contributed by atoms with E-state index in [0.29, 0.717) is 18.3 Å². The van der Waals surface area contributed by atoms with E-state index >= 15 is 0 Å². The maximum atomic E-state index is 13.0. The summed E-state index contributed by atoms with van der Waals surface area (Å²) in [5.41, 5.74) is 2.64. The van der Waals surface area contributed by atoms with E-state index in [2.05, 4.69) is 37.5 Å². The minimum Gasteiger partial charge on any atom is -0.423 e. The molecule has 0 saturated carbocycles. The molecule has 4 rings (SSSR count). The van der Waals surface area contributed by atoms with Crippen LogP contribution in [0.15, 0.2) is 34.7 Å². The van der Waals surface area contributed by atoms with Crippen LogP contribution in [0.3, 0.4) is 0 Å². The second-order valence-corrected chi connectivity index (χ2v) is 8.73. The van der Waals surface area contributed by atoms with E-state index in [0.717, 1.165) is 35.9 Å². The van der Waals surface area contributed by atoms with Crippen molar-refractivity contribution in [3.63, 3.8) is 0 Å². The lowest BCUT2D eigenvalue weighted by Gasteiger charge is -2.28. The van der Waals surface area contributed by atoms with Crippen molar-refractivity contribution in [2.24, 2.45) is 5.41 Å². The van der Waals surface area contributed by atoms with Gasteiger partial charge in [0.15, 0.2) is 0 Å². The highest BCUT2D eigenvalue weighted by molar-refractivity contribution is 5.79. The number of rotatable bonds is 5. The van der Waals surface area contributed by atoms with Crippen LogP contribution >= 0.6 is 0 Å². The van der Waals surface area contributed by atoms with Crippen molar-refractivity contribution in [3.8, 4) is 11.4 Å². The Morgan fingerprint density at radius 2 is 2.03 bits per heavy atom. The number of aryl methyl sites for hydroxylation is 1. The lowest BCUT2D eigenvalue weighted by Crippen LogP contribution is -2.38. The largest absolute Gasteiger partial charge is 0.423 e. The number of nitrogens with one attached hydrogen (secondary N) is 2. The van der Waals surface area contributed by atoms with Crippen molar-refractivity contribution in [2.45, 2.75) is 53.2 Å². The van der Waals surface area contributed by atoms with Crippen LogP contribution in [0.1, 0.15) is 50.0 Å². The fourth-order valence-electron chi connectivity index (χ4n) is 3.76. The monoisotopic (exact) mass is 408 g/mol. The number of imidazole rings is 1. The van der Waals surface area contributed by atoms with Gasteiger partial charge in [0.2, 0.25) is 17.7 Å². The van der Waals surface area contributed by atoms with E-state index in [4.69, 9.17) is 9.40 Å². The molecule has 0 radical (unpaired) electrons. The highest BCUT2D eigenvalue weighted by atomic mass is 16.4. The predicted molar refractivity (Wildman–Crippen MR) is 112 cm³/mol. The van der Waals surface area contributed by atoms with E-state index in [1.807, 2.05) is 39.0 Å². The van der Waals surface area contributed by atoms with Gasteiger partial charge in [-0.3, -0.25) is 4.79 Å². The lowest BCUT2D eigenvalue weighted by atomic mass is 9.86. The summed E-state index contributed by atoms with van der Waals surface area (Å²) in [5.74, 6) is 1.70. The van der Waals surface area contributed by atoms with Crippen LogP contribution in [0.2, 0.25) is 0 Å². The molecule has 3 heterocycles. The van der Waals surface area contributed by atoms with Crippen LogP contribution in [0.4, 0.5) is 0 Å². The number of carbonyl (C=O) groups is 1. The Labute approximate surface area is 176 Å². The SMILES string of the molecule is Cc1nnc([C@@H](NC(=O)Cc2nc(-c3ccccc3)n3c2CNCC3)C(C)(C)C)o1. The molecular formula is C22H28N6O2. The molecule has 1 aromatic carbocycles. The van der Waals surface area contributed by atoms with Gasteiger partial charge in [0, 0.05) is 32.1 Å². The number of aromatic nitrogens is 4. The molecule has 0 saturated heterocycles. The van der Waals surface area contributed by atoms with Gasteiger partial charge >= 0.3 is 0 Å². The summed E-state index contributed by atoms with van der Waals surface area (Å²) in [6.45, 7) is 10.3. The number of hydrogen-bond donors (Lipinski definition) is 2. The van der Waals surface area contributed by atoms with Gasteiger partial charge in [-0.15, -0.1) is 10.2 Å². The summed E-state index contributed by atoms with van der Waals surface area (Å²) in [4.78, 5) is 17.9. The Morgan fingerprint density at radius 1 is 1.27 bits per heavy atom. The van der Waals surface area contributed by atoms with E-state index < -0.39 is 0 Å². The second-order valence-electron chi connectivity index (χ2n) is 8.73. The third-order valence-corrected chi connectivity index (χ3v) is 5.28. The van der Waals surface area contributed by atoms with Crippen molar-refractivity contribution in [2.75, 3.05) is 6.54 Å². The van der Waals surface area contributed by atoms with Crippen molar-refractivity contribution < 1.29 is 9.21 Å². The van der Waals surface area contributed by atoms with E-state index in [1.165, 1.54) is 0 Å². The summed E-state index contributed by atoms with van der Waals surface area (Å²) in [6.07, 6.45) is 0.198. The summed E-state index contributed by atoms with van der Waals surface area (Å²) >= 11 is 0. The molecule has 0 fully saturated rings. The normalized spacial score (nSPS) is 14.9. The zero-order chi connectivity index (χ0) is 21.3. The molecule has 30 heavy (non-hydrogen) atoms.